The van der Waals surface area contributed by atoms with Crippen LogP contribution >= 0.6 is 11.3 Å². The molecule has 0 fully saturated rings. The van der Waals surface area contributed by atoms with Gasteiger partial charge in [-0.2, -0.15) is 0 Å². The summed E-state index contributed by atoms with van der Waals surface area (Å²) < 4.78 is 1.34. The van der Waals surface area contributed by atoms with Gasteiger partial charge in [0.2, 0.25) is 0 Å². The van der Waals surface area contributed by atoms with Crippen molar-refractivity contribution in [2.24, 2.45) is 0 Å². The topological polar surface area (TPSA) is 15.8 Å². The van der Waals surface area contributed by atoms with Crippen molar-refractivity contribution in [1.82, 2.24) is 4.98 Å². The first-order valence-electron chi connectivity index (χ1n) is 7.01. The van der Waals surface area contributed by atoms with E-state index in [4.69, 9.17) is 0 Å². The zero-order valence-electron chi connectivity index (χ0n) is 11.8. The Kier molecular flexibility index (Phi) is 2.72. The highest BCUT2D eigenvalue weighted by Gasteiger charge is 2.12. The van der Waals surface area contributed by atoms with E-state index in [0.29, 0.717) is 0 Å². The highest BCUT2D eigenvalue weighted by atomic mass is 32.1. The van der Waals surface area contributed by atoms with E-state index >= 15 is 0 Å². The molecule has 2 aromatic carbocycles. The summed E-state index contributed by atoms with van der Waals surface area (Å²) >= 11 is 1.86. The largest absolute Gasteiger partial charge is 0.353 e. The van der Waals surface area contributed by atoms with Crippen LogP contribution in [0.1, 0.15) is 10.4 Å². The van der Waals surface area contributed by atoms with Gasteiger partial charge in [-0.3, -0.25) is 0 Å². The molecule has 0 unspecified atom stereocenters. The SMILES string of the molecule is C=C/C=C\c1c(C)sc2c1ccc1c3ccccc3[nH]c12. The maximum atomic E-state index is 3.76. The van der Waals surface area contributed by atoms with Crippen LogP contribution in [0, 0.1) is 6.92 Å². The van der Waals surface area contributed by atoms with Crippen molar-refractivity contribution in [3.63, 3.8) is 0 Å². The van der Waals surface area contributed by atoms with Crippen molar-refractivity contribution in [2.45, 2.75) is 6.92 Å². The molecule has 0 saturated heterocycles. The molecule has 1 N–H and O–H groups in total. The summed E-state index contributed by atoms with van der Waals surface area (Å²) in [6, 6.07) is 13.0. The highest BCUT2D eigenvalue weighted by molar-refractivity contribution is 7.20. The van der Waals surface area contributed by atoms with Crippen molar-refractivity contribution in [2.75, 3.05) is 0 Å². The number of benzene rings is 2. The third kappa shape index (κ3) is 1.76. The summed E-state index contributed by atoms with van der Waals surface area (Å²) in [5, 5.41) is 3.91. The fourth-order valence-electron chi connectivity index (χ4n) is 2.98. The van der Waals surface area contributed by atoms with E-state index in [1.165, 1.54) is 42.3 Å². The number of hydrogen-bond donors (Lipinski definition) is 1. The van der Waals surface area contributed by atoms with Gasteiger partial charge < -0.3 is 4.98 Å². The smallest absolute Gasteiger partial charge is 0.0646 e. The Labute approximate surface area is 127 Å². The van der Waals surface area contributed by atoms with E-state index in [-0.39, 0.29) is 0 Å². The Morgan fingerprint density at radius 3 is 2.71 bits per heavy atom. The summed E-state index contributed by atoms with van der Waals surface area (Å²) in [5.41, 5.74) is 3.75. The zero-order valence-corrected chi connectivity index (χ0v) is 12.6. The minimum absolute atomic E-state index is 1.20. The van der Waals surface area contributed by atoms with Crippen LogP contribution in [0.5, 0.6) is 0 Å². The van der Waals surface area contributed by atoms with Crippen molar-refractivity contribution >= 4 is 49.3 Å². The van der Waals surface area contributed by atoms with E-state index in [0.717, 1.165) is 0 Å². The number of aromatic nitrogens is 1. The number of fused-ring (bicyclic) bond motifs is 5. The Bertz CT molecular complexity index is 1010. The molecule has 4 aromatic rings. The Balaban J connectivity index is 2.15. The van der Waals surface area contributed by atoms with Gasteiger partial charge in [-0.1, -0.05) is 55.1 Å². The number of thiophene rings is 1. The van der Waals surface area contributed by atoms with E-state index in [1.54, 1.807) is 0 Å². The molecule has 0 bridgehead atoms. The number of hydrogen-bond acceptors (Lipinski definition) is 1. The predicted molar refractivity (Wildman–Crippen MR) is 95.2 cm³/mol. The molecule has 0 aliphatic heterocycles. The second kappa shape index (κ2) is 4.61. The van der Waals surface area contributed by atoms with E-state index < -0.39 is 0 Å². The molecule has 102 valence electrons. The number of allylic oxidation sites excluding steroid dienone is 2. The third-order valence-electron chi connectivity index (χ3n) is 3.96. The number of aromatic amines is 1. The van der Waals surface area contributed by atoms with Crippen LogP contribution in [0.25, 0.3) is 38.0 Å². The highest BCUT2D eigenvalue weighted by Crippen LogP contribution is 2.38. The second-order valence-electron chi connectivity index (χ2n) is 5.20. The normalized spacial score (nSPS) is 12.0. The van der Waals surface area contributed by atoms with Crippen molar-refractivity contribution in [1.29, 1.82) is 0 Å². The van der Waals surface area contributed by atoms with Gasteiger partial charge in [0.05, 0.1) is 10.2 Å². The Morgan fingerprint density at radius 2 is 1.86 bits per heavy atom. The molecular formula is C19H15NS. The molecular weight excluding hydrogens is 274 g/mol. The lowest BCUT2D eigenvalue weighted by atomic mass is 10.1. The van der Waals surface area contributed by atoms with Gasteiger partial charge in [0.15, 0.2) is 0 Å². The molecule has 0 aliphatic carbocycles. The quantitative estimate of drug-likeness (QED) is 0.433. The predicted octanol–water partition coefficient (Wildman–Crippen LogP) is 6.04. The monoisotopic (exact) mass is 289 g/mol. The van der Waals surface area contributed by atoms with Crippen LogP contribution in [0.2, 0.25) is 0 Å². The number of aryl methyl sites for hydroxylation is 1. The van der Waals surface area contributed by atoms with Crippen LogP contribution in [0.4, 0.5) is 0 Å². The maximum Gasteiger partial charge on any atom is 0.0646 e. The molecule has 0 radical (unpaired) electrons. The van der Waals surface area contributed by atoms with Crippen molar-refractivity contribution in [3.8, 4) is 0 Å². The van der Waals surface area contributed by atoms with Crippen molar-refractivity contribution < 1.29 is 0 Å². The van der Waals surface area contributed by atoms with Gasteiger partial charge in [0, 0.05) is 26.6 Å². The summed E-state index contributed by atoms with van der Waals surface area (Å²) in [6.07, 6.45) is 5.98. The molecule has 2 heterocycles. The number of H-pyrrole nitrogens is 1. The molecule has 2 aromatic heterocycles. The fraction of sp³-hybridized carbons (Fsp3) is 0.0526. The lowest BCUT2D eigenvalue weighted by Gasteiger charge is -1.95. The standard InChI is InChI=1S/C19H15NS/c1-3-4-7-13-12(2)21-19-16(13)11-10-15-14-8-5-6-9-17(14)20-18(15)19/h3-11,20H,1H2,2H3/b7-4-. The molecule has 4 rings (SSSR count). The van der Waals surface area contributed by atoms with Gasteiger partial charge in [0.25, 0.3) is 0 Å². The van der Waals surface area contributed by atoms with Crippen LogP contribution in [0.3, 0.4) is 0 Å². The lowest BCUT2D eigenvalue weighted by molar-refractivity contribution is 1.57. The average Bonchev–Trinajstić information content (AvgIpc) is 3.02. The zero-order chi connectivity index (χ0) is 14.4. The second-order valence-corrected chi connectivity index (χ2v) is 6.43. The van der Waals surface area contributed by atoms with Crippen LogP contribution in [-0.2, 0) is 0 Å². The number of rotatable bonds is 2. The first-order valence-corrected chi connectivity index (χ1v) is 7.83. The molecule has 0 saturated carbocycles. The molecule has 2 heteroatoms. The van der Waals surface area contributed by atoms with Crippen molar-refractivity contribution in [3.05, 3.63) is 65.6 Å². The molecule has 21 heavy (non-hydrogen) atoms. The molecule has 1 nitrogen and oxygen atoms in total. The Morgan fingerprint density at radius 1 is 1.05 bits per heavy atom. The number of para-hydroxylation sites is 1. The Hall–Kier alpha value is -2.32. The third-order valence-corrected chi connectivity index (χ3v) is 5.11. The summed E-state index contributed by atoms with van der Waals surface area (Å²) in [6.45, 7) is 5.94. The fourth-order valence-corrected chi connectivity index (χ4v) is 4.13. The van der Waals surface area contributed by atoms with E-state index in [1.807, 2.05) is 23.5 Å². The minimum Gasteiger partial charge on any atom is -0.353 e. The lowest BCUT2D eigenvalue weighted by Crippen LogP contribution is -1.73. The summed E-state index contributed by atoms with van der Waals surface area (Å²) in [5.74, 6) is 0. The van der Waals surface area contributed by atoms with Crippen LogP contribution in [-0.4, -0.2) is 4.98 Å². The maximum absolute atomic E-state index is 3.76. The van der Waals surface area contributed by atoms with Crippen LogP contribution < -0.4 is 0 Å². The average molecular weight is 289 g/mol. The summed E-state index contributed by atoms with van der Waals surface area (Å²) in [7, 11) is 0. The first-order chi connectivity index (χ1) is 10.3. The minimum atomic E-state index is 1.20. The summed E-state index contributed by atoms with van der Waals surface area (Å²) in [4.78, 5) is 4.93. The van der Waals surface area contributed by atoms with Gasteiger partial charge >= 0.3 is 0 Å². The molecule has 0 aliphatic rings. The van der Waals surface area contributed by atoms with Gasteiger partial charge in [-0.15, -0.1) is 11.3 Å². The van der Waals surface area contributed by atoms with E-state index in [9.17, 15) is 0 Å². The first kappa shape index (κ1) is 12.4. The molecule has 0 atom stereocenters. The van der Waals surface area contributed by atoms with Gasteiger partial charge in [-0.25, -0.2) is 0 Å². The molecule has 0 spiro atoms. The van der Waals surface area contributed by atoms with Gasteiger partial charge in [-0.05, 0) is 18.6 Å². The number of nitrogens with one attached hydrogen (secondary N) is 1. The molecule has 0 amide bonds. The van der Waals surface area contributed by atoms with E-state index in [2.05, 4.69) is 61.0 Å². The van der Waals surface area contributed by atoms with Gasteiger partial charge in [0.1, 0.15) is 0 Å². The van der Waals surface area contributed by atoms with Crippen LogP contribution in [0.15, 0.2) is 55.1 Å².